The lowest BCUT2D eigenvalue weighted by atomic mass is 10.2. The molecule has 0 unspecified atom stereocenters. The number of amides is 1. The third-order valence-electron chi connectivity index (χ3n) is 2.85. The number of primary sulfonamides is 1. The highest BCUT2D eigenvalue weighted by Gasteiger charge is 2.14. The summed E-state index contributed by atoms with van der Waals surface area (Å²) in [5.41, 5.74) is 1.02. The monoisotopic (exact) mass is 328 g/mol. The normalized spacial score (nSPS) is 11.4. The SMILES string of the molecule is Cc1cc(C(=O)Nc2cc(F)cc(S(N)(=O)=O)c2)sc1C. The maximum absolute atomic E-state index is 13.4. The molecule has 0 aliphatic rings. The lowest BCUT2D eigenvalue weighted by Crippen LogP contribution is -2.14. The first kappa shape index (κ1) is 15.6. The molecule has 0 fully saturated rings. The number of rotatable bonds is 3. The molecule has 0 spiro atoms. The predicted octanol–water partition coefficient (Wildman–Crippen LogP) is 2.40. The number of carbonyl (C=O) groups is 1. The van der Waals surface area contributed by atoms with E-state index in [1.165, 1.54) is 11.3 Å². The first-order chi connectivity index (χ1) is 9.66. The molecule has 112 valence electrons. The van der Waals surface area contributed by atoms with Gasteiger partial charge in [0.1, 0.15) is 5.82 Å². The molecule has 0 aliphatic carbocycles. The predicted molar refractivity (Wildman–Crippen MR) is 79.5 cm³/mol. The second-order valence-corrected chi connectivity index (χ2v) is 7.34. The van der Waals surface area contributed by atoms with Gasteiger partial charge in [-0.1, -0.05) is 0 Å². The Labute approximate surface area is 125 Å². The molecular weight excluding hydrogens is 315 g/mol. The molecule has 0 aliphatic heterocycles. The van der Waals surface area contributed by atoms with Gasteiger partial charge in [0.15, 0.2) is 0 Å². The molecule has 0 radical (unpaired) electrons. The van der Waals surface area contributed by atoms with E-state index in [9.17, 15) is 17.6 Å². The molecule has 8 heteroatoms. The number of aryl methyl sites for hydroxylation is 2. The maximum atomic E-state index is 13.4. The molecule has 1 amide bonds. The van der Waals surface area contributed by atoms with Crippen LogP contribution in [0.5, 0.6) is 0 Å². The average molecular weight is 328 g/mol. The number of nitrogens with two attached hydrogens (primary N) is 1. The van der Waals surface area contributed by atoms with Gasteiger partial charge in [-0.2, -0.15) is 0 Å². The van der Waals surface area contributed by atoms with Gasteiger partial charge < -0.3 is 5.32 Å². The largest absolute Gasteiger partial charge is 0.321 e. The molecule has 0 saturated carbocycles. The van der Waals surface area contributed by atoms with Gasteiger partial charge in [0.05, 0.1) is 9.77 Å². The Kier molecular flexibility index (Phi) is 4.13. The molecular formula is C13H13FN2O3S2. The van der Waals surface area contributed by atoms with Gasteiger partial charge in [-0.3, -0.25) is 4.79 Å². The van der Waals surface area contributed by atoms with E-state index in [1.807, 2.05) is 13.8 Å². The number of anilines is 1. The van der Waals surface area contributed by atoms with Crippen molar-refractivity contribution < 1.29 is 17.6 Å². The summed E-state index contributed by atoms with van der Waals surface area (Å²) in [6, 6.07) is 4.66. The summed E-state index contributed by atoms with van der Waals surface area (Å²) in [7, 11) is -4.04. The summed E-state index contributed by atoms with van der Waals surface area (Å²) in [6.07, 6.45) is 0. The molecule has 0 atom stereocenters. The number of sulfonamides is 1. The third-order valence-corrected chi connectivity index (χ3v) is 4.89. The molecule has 21 heavy (non-hydrogen) atoms. The third kappa shape index (κ3) is 3.66. The highest BCUT2D eigenvalue weighted by molar-refractivity contribution is 7.89. The van der Waals surface area contributed by atoms with Crippen LogP contribution in [0.25, 0.3) is 0 Å². The van der Waals surface area contributed by atoms with E-state index in [4.69, 9.17) is 5.14 Å². The number of benzene rings is 1. The maximum Gasteiger partial charge on any atom is 0.265 e. The minimum absolute atomic E-state index is 0.0349. The molecule has 3 N–H and O–H groups in total. The Morgan fingerprint density at radius 1 is 1.24 bits per heavy atom. The Balaban J connectivity index is 2.31. The number of hydrogen-bond acceptors (Lipinski definition) is 4. The number of halogens is 1. The zero-order chi connectivity index (χ0) is 15.8. The van der Waals surface area contributed by atoms with Gasteiger partial charge in [-0.05, 0) is 43.7 Å². The fourth-order valence-electron chi connectivity index (χ4n) is 1.68. The number of hydrogen-bond donors (Lipinski definition) is 2. The Bertz CT molecular complexity index is 793. The minimum atomic E-state index is -4.04. The summed E-state index contributed by atoms with van der Waals surface area (Å²) in [5, 5.41) is 7.42. The molecule has 0 bridgehead atoms. The molecule has 0 saturated heterocycles. The minimum Gasteiger partial charge on any atom is -0.321 e. The van der Waals surface area contributed by atoms with Crippen LogP contribution in [0, 0.1) is 19.7 Å². The van der Waals surface area contributed by atoms with Crippen LogP contribution in [0.15, 0.2) is 29.2 Å². The molecule has 1 aromatic heterocycles. The highest BCUT2D eigenvalue weighted by atomic mass is 32.2. The Morgan fingerprint density at radius 2 is 1.90 bits per heavy atom. The summed E-state index contributed by atoms with van der Waals surface area (Å²) < 4.78 is 35.9. The van der Waals surface area contributed by atoms with E-state index in [-0.39, 0.29) is 5.69 Å². The molecule has 2 aromatic rings. The van der Waals surface area contributed by atoms with Crippen molar-refractivity contribution in [2.24, 2.45) is 5.14 Å². The topological polar surface area (TPSA) is 89.3 Å². The highest BCUT2D eigenvalue weighted by Crippen LogP contribution is 2.23. The van der Waals surface area contributed by atoms with Gasteiger partial charge in [0, 0.05) is 10.6 Å². The number of carbonyl (C=O) groups excluding carboxylic acids is 1. The van der Waals surface area contributed by atoms with Crippen LogP contribution >= 0.6 is 11.3 Å². The van der Waals surface area contributed by atoms with Crippen molar-refractivity contribution in [3.63, 3.8) is 0 Å². The number of thiophene rings is 1. The summed E-state index contributed by atoms with van der Waals surface area (Å²) in [6.45, 7) is 3.77. The van der Waals surface area contributed by atoms with E-state index in [0.29, 0.717) is 4.88 Å². The molecule has 5 nitrogen and oxygen atoms in total. The van der Waals surface area contributed by atoms with Crippen LogP contribution in [0.3, 0.4) is 0 Å². The van der Waals surface area contributed by atoms with Crippen molar-refractivity contribution in [1.82, 2.24) is 0 Å². The second kappa shape index (κ2) is 5.55. The van der Waals surface area contributed by atoms with Crippen molar-refractivity contribution in [1.29, 1.82) is 0 Å². The molecule has 1 heterocycles. The Hall–Kier alpha value is -1.77. The fraction of sp³-hybridized carbons (Fsp3) is 0.154. The van der Waals surface area contributed by atoms with E-state index in [2.05, 4.69) is 5.32 Å². The van der Waals surface area contributed by atoms with Gasteiger partial charge in [-0.15, -0.1) is 11.3 Å². The van der Waals surface area contributed by atoms with Gasteiger partial charge >= 0.3 is 0 Å². The quantitative estimate of drug-likeness (QED) is 0.906. The first-order valence-electron chi connectivity index (χ1n) is 5.88. The van der Waals surface area contributed by atoms with Crippen LogP contribution in [0.4, 0.5) is 10.1 Å². The van der Waals surface area contributed by atoms with E-state index in [0.717, 1.165) is 28.6 Å². The Morgan fingerprint density at radius 3 is 2.43 bits per heavy atom. The van der Waals surface area contributed by atoms with Crippen LogP contribution in [0.2, 0.25) is 0 Å². The zero-order valence-corrected chi connectivity index (χ0v) is 12.9. The van der Waals surface area contributed by atoms with Crippen molar-refractivity contribution in [3.05, 3.63) is 45.4 Å². The fourth-order valence-corrected chi connectivity index (χ4v) is 3.17. The number of nitrogens with one attached hydrogen (secondary N) is 1. The van der Waals surface area contributed by atoms with E-state index < -0.39 is 26.6 Å². The summed E-state index contributed by atoms with van der Waals surface area (Å²) >= 11 is 1.31. The molecule has 2 rings (SSSR count). The van der Waals surface area contributed by atoms with Gasteiger partial charge in [0.25, 0.3) is 5.91 Å². The smallest absolute Gasteiger partial charge is 0.265 e. The van der Waals surface area contributed by atoms with Crippen molar-refractivity contribution >= 4 is 33.0 Å². The van der Waals surface area contributed by atoms with Crippen LogP contribution in [-0.2, 0) is 10.0 Å². The van der Waals surface area contributed by atoms with Crippen molar-refractivity contribution in [2.75, 3.05) is 5.32 Å². The van der Waals surface area contributed by atoms with Gasteiger partial charge in [0.2, 0.25) is 10.0 Å². The lowest BCUT2D eigenvalue weighted by Gasteiger charge is -2.06. The lowest BCUT2D eigenvalue weighted by molar-refractivity contribution is 0.103. The van der Waals surface area contributed by atoms with Gasteiger partial charge in [-0.25, -0.2) is 17.9 Å². The van der Waals surface area contributed by atoms with Crippen LogP contribution < -0.4 is 10.5 Å². The second-order valence-electron chi connectivity index (χ2n) is 4.52. The van der Waals surface area contributed by atoms with Crippen molar-refractivity contribution in [3.8, 4) is 0 Å². The van der Waals surface area contributed by atoms with Crippen molar-refractivity contribution in [2.45, 2.75) is 18.7 Å². The summed E-state index contributed by atoms with van der Waals surface area (Å²) in [4.78, 5) is 13.1. The zero-order valence-electron chi connectivity index (χ0n) is 11.3. The summed E-state index contributed by atoms with van der Waals surface area (Å²) in [5.74, 6) is -1.22. The first-order valence-corrected chi connectivity index (χ1v) is 8.25. The van der Waals surface area contributed by atoms with E-state index >= 15 is 0 Å². The van der Waals surface area contributed by atoms with E-state index in [1.54, 1.807) is 6.07 Å². The van der Waals surface area contributed by atoms with Crippen LogP contribution in [-0.4, -0.2) is 14.3 Å². The van der Waals surface area contributed by atoms with Crippen LogP contribution in [0.1, 0.15) is 20.1 Å². The average Bonchev–Trinajstić information content (AvgIpc) is 2.68. The standard InChI is InChI=1S/C13H13FN2O3S2/c1-7-3-12(20-8(7)2)13(17)16-10-4-9(14)5-11(6-10)21(15,18)19/h3-6H,1-2H3,(H,16,17)(H2,15,18,19). The molecule has 1 aromatic carbocycles.